The number of aryl methyl sites for hydroxylation is 2. The second kappa shape index (κ2) is 21.4. The Morgan fingerprint density at radius 2 is 1.47 bits per heavy atom. The number of likely N-dealkylation sites (tertiary alicyclic amines) is 1. The normalized spacial score (nSPS) is 13.3. The van der Waals surface area contributed by atoms with Gasteiger partial charge in [0, 0.05) is 32.6 Å². The standard InChI is InChI=1S/C20H24N2O2.C12H12N2OS.C4H10.CH3NO/c21-13-16-3-8-18(9-4-16)17-6-1-15(2-7-17)5-10-20(24)22-12-11-19(23)14-22;1-9-12(16-8-14-9)11-4-2-10(3-5-11)6-13-7-15;1-4(2)3;2-1-3/h1-4,6-9,19,23H,5,10-14,21H2;2-5,7-8H,6H2,1H3,(H,13,15);4H,1-3H3;1H,(H2,2,3). The van der Waals surface area contributed by atoms with E-state index in [1.807, 2.05) is 36.7 Å². The minimum absolute atomic E-state index is 0.132. The summed E-state index contributed by atoms with van der Waals surface area (Å²) in [6.07, 6.45) is 2.54. The first-order chi connectivity index (χ1) is 22.6. The molecule has 3 aromatic carbocycles. The molecule has 5 rings (SSSR count). The molecule has 4 aromatic rings. The predicted octanol–water partition coefficient (Wildman–Crippen LogP) is 5.47. The van der Waals surface area contributed by atoms with E-state index in [0.29, 0.717) is 45.4 Å². The van der Waals surface area contributed by atoms with Gasteiger partial charge in [-0.3, -0.25) is 14.4 Å². The lowest BCUT2D eigenvalue weighted by Crippen LogP contribution is -2.29. The Labute approximate surface area is 283 Å². The third-order valence-corrected chi connectivity index (χ3v) is 7.95. The van der Waals surface area contributed by atoms with Gasteiger partial charge in [-0.15, -0.1) is 11.3 Å². The van der Waals surface area contributed by atoms with Gasteiger partial charge >= 0.3 is 0 Å². The van der Waals surface area contributed by atoms with Gasteiger partial charge < -0.3 is 26.8 Å². The summed E-state index contributed by atoms with van der Waals surface area (Å²) in [5, 5.41) is 12.1. The Bertz CT molecular complexity index is 1470. The van der Waals surface area contributed by atoms with Gasteiger partial charge in [0.15, 0.2) is 0 Å². The number of thiazole rings is 1. The highest BCUT2D eigenvalue weighted by molar-refractivity contribution is 7.13. The monoisotopic (exact) mass is 659 g/mol. The molecule has 9 nitrogen and oxygen atoms in total. The van der Waals surface area contributed by atoms with Crippen molar-refractivity contribution >= 4 is 30.1 Å². The molecule has 1 saturated heterocycles. The molecular weight excluding hydrogens is 611 g/mol. The van der Waals surface area contributed by atoms with Gasteiger partial charge in [-0.1, -0.05) is 93.6 Å². The molecule has 252 valence electrons. The van der Waals surface area contributed by atoms with Crippen LogP contribution in [0.1, 0.15) is 56.0 Å². The van der Waals surface area contributed by atoms with Crippen LogP contribution in [0.5, 0.6) is 0 Å². The molecule has 1 aromatic heterocycles. The maximum absolute atomic E-state index is 12.1. The summed E-state index contributed by atoms with van der Waals surface area (Å²) in [7, 11) is 0. The van der Waals surface area contributed by atoms with Gasteiger partial charge in [-0.2, -0.15) is 0 Å². The van der Waals surface area contributed by atoms with Crippen molar-refractivity contribution < 1.29 is 19.5 Å². The number of β-amino-alcohol motifs (C(OH)–C–C–N with tert-alkyl or cyclic N) is 1. The SMILES string of the molecule is CC(C)C.Cc1ncsc1-c1ccc(CNC=O)cc1.NC=O.NCc1ccc(-c2ccc(CCC(=O)N3CCC(O)C3)cc2)cc1. The molecule has 1 aliphatic heterocycles. The third-order valence-electron chi connectivity index (χ3n) is 6.97. The van der Waals surface area contributed by atoms with E-state index in [1.54, 1.807) is 16.2 Å². The lowest BCUT2D eigenvalue weighted by Gasteiger charge is -2.15. The van der Waals surface area contributed by atoms with Crippen molar-refractivity contribution in [1.29, 1.82) is 0 Å². The number of rotatable bonds is 9. The van der Waals surface area contributed by atoms with Crippen LogP contribution in [0.4, 0.5) is 0 Å². The van der Waals surface area contributed by atoms with Crippen LogP contribution in [0.25, 0.3) is 21.6 Å². The van der Waals surface area contributed by atoms with Crippen molar-refractivity contribution in [1.82, 2.24) is 15.2 Å². The molecule has 6 N–H and O–H groups in total. The zero-order valence-electron chi connectivity index (χ0n) is 27.9. The average Bonchev–Trinajstić information content (AvgIpc) is 3.71. The minimum atomic E-state index is -0.348. The number of amides is 3. The van der Waals surface area contributed by atoms with Crippen molar-refractivity contribution in [3.8, 4) is 21.6 Å². The maximum Gasteiger partial charge on any atom is 0.222 e. The van der Waals surface area contributed by atoms with Crippen molar-refractivity contribution in [3.05, 3.63) is 101 Å². The molecule has 0 saturated carbocycles. The fraction of sp³-hybridized carbons (Fsp3) is 0.351. The Morgan fingerprint density at radius 3 is 1.91 bits per heavy atom. The number of hydrogen-bond donors (Lipinski definition) is 4. The van der Waals surface area contributed by atoms with Crippen LogP contribution in [0, 0.1) is 12.8 Å². The highest BCUT2D eigenvalue weighted by Crippen LogP contribution is 2.27. The van der Waals surface area contributed by atoms with Gasteiger partial charge in [-0.05, 0) is 59.1 Å². The van der Waals surface area contributed by atoms with Crippen molar-refractivity contribution in [2.45, 2.75) is 66.2 Å². The molecule has 1 unspecified atom stereocenters. The molecule has 0 radical (unpaired) electrons. The molecule has 10 heteroatoms. The Hall–Kier alpha value is -4.38. The first-order valence-corrected chi connectivity index (χ1v) is 16.7. The molecule has 2 heterocycles. The van der Waals surface area contributed by atoms with Gasteiger partial charge in [0.25, 0.3) is 0 Å². The highest BCUT2D eigenvalue weighted by Gasteiger charge is 2.23. The lowest BCUT2D eigenvalue weighted by molar-refractivity contribution is -0.130. The summed E-state index contributed by atoms with van der Waals surface area (Å²) in [6.45, 7) is 10.8. The first kappa shape index (κ1) is 38.8. The van der Waals surface area contributed by atoms with Gasteiger partial charge in [0.1, 0.15) is 0 Å². The number of nitrogens with zero attached hydrogens (tertiary/aromatic N) is 2. The predicted molar refractivity (Wildman–Crippen MR) is 191 cm³/mol. The van der Waals surface area contributed by atoms with Crippen LogP contribution in [-0.2, 0) is 33.9 Å². The topological polar surface area (TPSA) is 152 Å². The van der Waals surface area contributed by atoms with Crippen LogP contribution < -0.4 is 16.8 Å². The fourth-order valence-corrected chi connectivity index (χ4v) is 5.40. The first-order valence-electron chi connectivity index (χ1n) is 15.8. The van der Waals surface area contributed by atoms with E-state index in [2.05, 4.69) is 85.3 Å². The summed E-state index contributed by atoms with van der Waals surface area (Å²) in [6, 6.07) is 24.8. The van der Waals surface area contributed by atoms with E-state index in [1.165, 1.54) is 16.0 Å². The second-order valence-corrected chi connectivity index (χ2v) is 12.6. The Morgan fingerprint density at radius 1 is 0.957 bits per heavy atom. The van der Waals surface area contributed by atoms with Gasteiger partial charge in [0.05, 0.1) is 22.2 Å². The van der Waals surface area contributed by atoms with E-state index in [4.69, 9.17) is 10.5 Å². The zero-order chi connectivity index (χ0) is 34.6. The Balaban J connectivity index is 0.000000287. The van der Waals surface area contributed by atoms with Crippen LogP contribution in [0.15, 0.2) is 78.3 Å². The third kappa shape index (κ3) is 14.3. The number of nitrogens with one attached hydrogen (secondary N) is 1. The fourth-order valence-electron chi connectivity index (χ4n) is 4.59. The minimum Gasteiger partial charge on any atom is -0.391 e. The van der Waals surface area contributed by atoms with Crippen LogP contribution in [0.3, 0.4) is 0 Å². The van der Waals surface area contributed by atoms with Crippen molar-refractivity contribution in [3.63, 3.8) is 0 Å². The molecule has 0 spiro atoms. The van der Waals surface area contributed by atoms with E-state index in [9.17, 15) is 14.7 Å². The summed E-state index contributed by atoms with van der Waals surface area (Å²) >= 11 is 1.64. The number of benzene rings is 3. The lowest BCUT2D eigenvalue weighted by atomic mass is 10.0. The quantitative estimate of drug-likeness (QED) is 0.175. The molecule has 47 heavy (non-hydrogen) atoms. The largest absolute Gasteiger partial charge is 0.391 e. The average molecular weight is 660 g/mol. The van der Waals surface area contributed by atoms with Gasteiger partial charge in [-0.25, -0.2) is 4.98 Å². The summed E-state index contributed by atoms with van der Waals surface area (Å²) in [5.74, 6) is 0.966. The van der Waals surface area contributed by atoms with E-state index in [-0.39, 0.29) is 18.4 Å². The molecule has 3 amide bonds. The second-order valence-electron chi connectivity index (χ2n) is 11.7. The number of aliphatic hydroxyl groups excluding tert-OH is 1. The number of nitrogens with two attached hydrogens (primary N) is 2. The van der Waals surface area contributed by atoms with Crippen molar-refractivity contribution in [2.75, 3.05) is 13.1 Å². The number of aliphatic hydroxyl groups is 1. The number of carbonyl (C=O) groups is 3. The molecule has 1 atom stereocenters. The number of aromatic nitrogens is 1. The van der Waals surface area contributed by atoms with Crippen LogP contribution in [-0.4, -0.2) is 52.9 Å². The number of hydrogen-bond acceptors (Lipinski definition) is 7. The molecule has 0 bridgehead atoms. The number of primary amides is 1. The van der Waals surface area contributed by atoms with E-state index in [0.717, 1.165) is 40.3 Å². The summed E-state index contributed by atoms with van der Waals surface area (Å²) in [4.78, 5) is 38.1. The highest BCUT2D eigenvalue weighted by atomic mass is 32.1. The zero-order valence-corrected chi connectivity index (χ0v) is 28.7. The molecular formula is C37H49N5O4S. The molecule has 1 aliphatic rings. The molecule has 1 fully saturated rings. The Kier molecular flexibility index (Phi) is 17.7. The summed E-state index contributed by atoms with van der Waals surface area (Å²) < 4.78 is 0. The smallest absolute Gasteiger partial charge is 0.222 e. The summed E-state index contributed by atoms with van der Waals surface area (Å²) in [5.41, 5.74) is 19.6. The van der Waals surface area contributed by atoms with Crippen LogP contribution >= 0.6 is 11.3 Å². The van der Waals surface area contributed by atoms with E-state index < -0.39 is 0 Å². The maximum atomic E-state index is 12.1. The van der Waals surface area contributed by atoms with Crippen molar-refractivity contribution in [2.24, 2.45) is 17.4 Å². The van der Waals surface area contributed by atoms with Crippen LogP contribution in [0.2, 0.25) is 0 Å². The van der Waals surface area contributed by atoms with Gasteiger partial charge in [0.2, 0.25) is 18.7 Å². The van der Waals surface area contributed by atoms with E-state index >= 15 is 0 Å². The molecule has 0 aliphatic carbocycles. The number of carbonyl (C=O) groups excluding carboxylic acids is 3.